The van der Waals surface area contributed by atoms with Crippen LogP contribution >= 0.6 is 11.6 Å². The molecule has 0 spiro atoms. The van der Waals surface area contributed by atoms with Crippen LogP contribution in [-0.2, 0) is 6.18 Å². The van der Waals surface area contributed by atoms with Gasteiger partial charge < -0.3 is 5.11 Å². The number of hydrogen-bond acceptors (Lipinski definition) is 3. The number of alkyl halides is 3. The quantitative estimate of drug-likeness (QED) is 0.590. The summed E-state index contributed by atoms with van der Waals surface area (Å²) in [5.41, 5.74) is -0.423. The van der Waals surface area contributed by atoms with Crippen molar-refractivity contribution in [3.8, 4) is 0 Å². The number of hydrogen-bond donors (Lipinski definition) is 1. The van der Waals surface area contributed by atoms with Crippen LogP contribution in [0.25, 0.3) is 0 Å². The minimum atomic E-state index is -4.65. The third-order valence-electron chi connectivity index (χ3n) is 5.41. The number of urea groups is 2. The van der Waals surface area contributed by atoms with Crippen molar-refractivity contribution in [3.05, 3.63) is 77.0 Å². The monoisotopic (exact) mass is 477 g/mol. The van der Waals surface area contributed by atoms with E-state index in [9.17, 15) is 27.9 Å². The minimum absolute atomic E-state index is 0.0794. The van der Waals surface area contributed by atoms with Gasteiger partial charge in [-0.05, 0) is 49.4 Å². The molecular weight excluding hydrogens is 459 g/mol. The smallest absolute Gasteiger partial charge is 0.387 e. The summed E-state index contributed by atoms with van der Waals surface area (Å²) >= 11 is 5.94. The number of amides is 4. The maximum atomic E-state index is 13.8. The Kier molecular flexibility index (Phi) is 5.94. The molecule has 33 heavy (non-hydrogen) atoms. The Balaban J connectivity index is 1.96. The molecule has 0 saturated heterocycles. The fourth-order valence-electron chi connectivity index (χ4n) is 3.81. The molecule has 1 aliphatic heterocycles. The van der Waals surface area contributed by atoms with E-state index in [1.807, 2.05) is 0 Å². The molecule has 172 valence electrons. The number of carbonyl (C=O) groups is 2. The summed E-state index contributed by atoms with van der Waals surface area (Å²) in [6.07, 6.45) is -3.05. The van der Waals surface area contributed by atoms with Gasteiger partial charge in [-0.15, -0.1) is 0 Å². The Hall–Kier alpha value is -3.30. The van der Waals surface area contributed by atoms with Crippen LogP contribution in [0.3, 0.4) is 0 Å². The van der Waals surface area contributed by atoms with Gasteiger partial charge in [-0.3, -0.25) is 9.80 Å². The molecule has 2 aliphatic rings. The van der Waals surface area contributed by atoms with Crippen LogP contribution in [0.15, 0.2) is 71.4 Å². The van der Waals surface area contributed by atoms with E-state index in [4.69, 9.17) is 11.6 Å². The summed E-state index contributed by atoms with van der Waals surface area (Å²) in [6.45, 7) is 1.75. The molecule has 0 radical (unpaired) electrons. The number of aliphatic hydroxyl groups is 1. The summed E-state index contributed by atoms with van der Waals surface area (Å²) < 4.78 is 40.6. The normalized spacial score (nSPS) is 19.2. The maximum absolute atomic E-state index is 13.8. The number of rotatable bonds is 3. The molecule has 0 fully saturated rings. The van der Waals surface area contributed by atoms with E-state index in [1.54, 1.807) is 37.3 Å². The Morgan fingerprint density at radius 1 is 1.00 bits per heavy atom. The van der Waals surface area contributed by atoms with Crippen LogP contribution in [0.5, 0.6) is 0 Å². The SMILES string of the molecule is CCN1C(=O)N(C2=CC=C(Cl)C(O)C2)C(=O)N(c2ccccc2)c2cc(C(F)(F)F)ccc21. The number of fused-ring (bicyclic) bond motifs is 1. The van der Waals surface area contributed by atoms with Gasteiger partial charge in [0.15, 0.2) is 0 Å². The number of benzene rings is 2. The van der Waals surface area contributed by atoms with Crippen LogP contribution in [0.1, 0.15) is 18.9 Å². The Morgan fingerprint density at radius 2 is 1.70 bits per heavy atom. The Bertz CT molecular complexity index is 1160. The minimum Gasteiger partial charge on any atom is -0.387 e. The first-order valence-electron chi connectivity index (χ1n) is 10.1. The Labute approximate surface area is 192 Å². The van der Waals surface area contributed by atoms with E-state index in [2.05, 4.69) is 0 Å². The number of imide groups is 1. The summed E-state index contributed by atoms with van der Waals surface area (Å²) in [7, 11) is 0. The van der Waals surface area contributed by atoms with Crippen molar-refractivity contribution in [1.82, 2.24) is 4.90 Å². The zero-order chi connectivity index (χ0) is 23.9. The highest BCUT2D eigenvalue weighted by molar-refractivity contribution is 6.30. The molecular formula is C23H19ClF3N3O3. The first-order chi connectivity index (χ1) is 15.6. The molecule has 2 aromatic carbocycles. The number of halogens is 4. The molecule has 1 heterocycles. The van der Waals surface area contributed by atoms with Gasteiger partial charge in [0.05, 0.1) is 28.7 Å². The van der Waals surface area contributed by atoms with Crippen molar-refractivity contribution in [2.75, 3.05) is 16.3 Å². The lowest BCUT2D eigenvalue weighted by Crippen LogP contribution is -2.48. The second kappa shape index (κ2) is 8.57. The Morgan fingerprint density at radius 3 is 2.30 bits per heavy atom. The maximum Gasteiger partial charge on any atom is 0.416 e. The molecule has 2 aromatic rings. The molecule has 0 aromatic heterocycles. The first kappa shape index (κ1) is 22.9. The van der Waals surface area contributed by atoms with E-state index in [1.165, 1.54) is 23.1 Å². The zero-order valence-electron chi connectivity index (χ0n) is 17.4. The number of aliphatic hydroxyl groups excluding tert-OH is 1. The summed E-state index contributed by atoms with van der Waals surface area (Å²) in [4.78, 5) is 30.4. The molecule has 0 saturated carbocycles. The van der Waals surface area contributed by atoms with Gasteiger partial charge in [-0.1, -0.05) is 29.8 Å². The molecule has 1 N–H and O–H groups in total. The van der Waals surface area contributed by atoms with E-state index < -0.39 is 29.9 Å². The van der Waals surface area contributed by atoms with Gasteiger partial charge in [-0.2, -0.15) is 13.2 Å². The van der Waals surface area contributed by atoms with Gasteiger partial charge >= 0.3 is 18.2 Å². The number of carbonyl (C=O) groups excluding carboxylic acids is 2. The standard InChI is InChI=1S/C23H19ClF3N3O3/c1-2-28-18-11-8-14(23(25,26)27)12-19(18)29(15-6-4-3-5-7-15)22(33)30(21(28)32)16-9-10-17(24)20(31)13-16/h3-12,20,31H,2,13H2,1H3. The molecule has 1 aliphatic carbocycles. The lowest BCUT2D eigenvalue weighted by Gasteiger charge is -2.30. The molecule has 4 amide bonds. The molecule has 1 unspecified atom stereocenters. The largest absolute Gasteiger partial charge is 0.416 e. The van der Waals surface area contributed by atoms with E-state index >= 15 is 0 Å². The van der Waals surface area contributed by atoms with Crippen molar-refractivity contribution in [1.29, 1.82) is 0 Å². The molecule has 10 heteroatoms. The van der Waals surface area contributed by atoms with Crippen molar-refractivity contribution < 1.29 is 27.9 Å². The van der Waals surface area contributed by atoms with Gasteiger partial charge in [0.25, 0.3) is 0 Å². The van der Waals surface area contributed by atoms with Crippen molar-refractivity contribution in [2.45, 2.75) is 25.6 Å². The molecule has 4 rings (SSSR count). The highest BCUT2D eigenvalue weighted by Crippen LogP contribution is 2.43. The predicted molar refractivity (Wildman–Crippen MR) is 118 cm³/mol. The third kappa shape index (κ3) is 4.09. The second-order valence-electron chi connectivity index (χ2n) is 7.45. The van der Waals surface area contributed by atoms with Crippen molar-refractivity contribution in [2.24, 2.45) is 0 Å². The van der Waals surface area contributed by atoms with Crippen LogP contribution in [-0.4, -0.2) is 34.7 Å². The van der Waals surface area contributed by atoms with E-state index in [0.717, 1.165) is 21.9 Å². The van der Waals surface area contributed by atoms with E-state index in [0.29, 0.717) is 0 Å². The van der Waals surface area contributed by atoms with Crippen LogP contribution in [0.4, 0.5) is 39.8 Å². The lowest BCUT2D eigenvalue weighted by molar-refractivity contribution is -0.137. The first-order valence-corrected chi connectivity index (χ1v) is 10.5. The molecule has 0 bridgehead atoms. The van der Waals surface area contributed by atoms with Gasteiger partial charge in [0.1, 0.15) is 0 Å². The number of para-hydroxylation sites is 1. The van der Waals surface area contributed by atoms with Gasteiger partial charge in [0.2, 0.25) is 0 Å². The highest BCUT2D eigenvalue weighted by Gasteiger charge is 2.42. The van der Waals surface area contributed by atoms with Gasteiger partial charge in [0, 0.05) is 23.7 Å². The van der Waals surface area contributed by atoms with Crippen molar-refractivity contribution >= 4 is 40.7 Å². The fourth-order valence-corrected chi connectivity index (χ4v) is 3.95. The molecule has 6 nitrogen and oxygen atoms in total. The van der Waals surface area contributed by atoms with E-state index in [-0.39, 0.29) is 40.8 Å². The molecule has 1 atom stereocenters. The number of anilines is 3. The number of allylic oxidation sites excluding steroid dienone is 2. The topological polar surface area (TPSA) is 64.1 Å². The fraction of sp³-hybridized carbons (Fsp3) is 0.217. The lowest BCUT2D eigenvalue weighted by atomic mass is 10.1. The third-order valence-corrected chi connectivity index (χ3v) is 5.79. The van der Waals surface area contributed by atoms with Crippen LogP contribution in [0.2, 0.25) is 0 Å². The second-order valence-corrected chi connectivity index (χ2v) is 7.88. The summed E-state index contributed by atoms with van der Waals surface area (Å²) in [5, 5.41) is 10.3. The average molecular weight is 478 g/mol. The van der Waals surface area contributed by atoms with Crippen LogP contribution < -0.4 is 9.80 Å². The predicted octanol–water partition coefficient (Wildman–Crippen LogP) is 6.00. The highest BCUT2D eigenvalue weighted by atomic mass is 35.5. The summed E-state index contributed by atoms with van der Waals surface area (Å²) in [6, 6.07) is 9.41. The summed E-state index contributed by atoms with van der Waals surface area (Å²) in [5.74, 6) is 0. The van der Waals surface area contributed by atoms with Gasteiger partial charge in [-0.25, -0.2) is 14.5 Å². The van der Waals surface area contributed by atoms with Crippen molar-refractivity contribution in [3.63, 3.8) is 0 Å². The average Bonchev–Trinajstić information content (AvgIpc) is 2.86. The van der Waals surface area contributed by atoms with Crippen LogP contribution in [0, 0.1) is 0 Å². The number of nitrogens with zero attached hydrogens (tertiary/aromatic N) is 3. The zero-order valence-corrected chi connectivity index (χ0v) is 18.1.